The Bertz CT molecular complexity index is 455. The van der Waals surface area contributed by atoms with Gasteiger partial charge in [-0.05, 0) is 12.5 Å². The molecule has 0 aromatic carbocycles. The highest BCUT2D eigenvalue weighted by Crippen LogP contribution is 2.09. The van der Waals surface area contributed by atoms with E-state index in [0.29, 0.717) is 0 Å². The first-order valence-corrected chi connectivity index (χ1v) is 3.86. The largest absolute Gasteiger partial charge is 0.346 e. The molecule has 0 saturated carbocycles. The van der Waals surface area contributed by atoms with Crippen LogP contribution < -0.4 is 5.69 Å². The number of fused-ring (bicyclic) bond motifs is 1. The molecular weight excluding hydrogens is 154 g/mol. The van der Waals surface area contributed by atoms with E-state index >= 15 is 0 Å². The number of aromatic amines is 2. The minimum Gasteiger partial charge on any atom is -0.345 e. The van der Waals surface area contributed by atoms with Gasteiger partial charge in [-0.1, -0.05) is 6.92 Å². The van der Waals surface area contributed by atoms with Gasteiger partial charge in [0.05, 0.1) is 0 Å². The first kappa shape index (κ1) is 7.09. The summed E-state index contributed by atoms with van der Waals surface area (Å²) in [7, 11) is 0. The second-order valence-corrected chi connectivity index (χ2v) is 2.67. The van der Waals surface area contributed by atoms with Crippen LogP contribution in [0.2, 0.25) is 0 Å². The van der Waals surface area contributed by atoms with Gasteiger partial charge in [-0.3, -0.25) is 4.98 Å². The Morgan fingerprint density at radius 2 is 2.33 bits per heavy atom. The highest BCUT2D eigenvalue weighted by Gasteiger charge is 1.98. The van der Waals surface area contributed by atoms with Gasteiger partial charge in [-0.25, -0.2) is 9.78 Å². The molecule has 2 aromatic heterocycles. The highest BCUT2D eigenvalue weighted by molar-refractivity contribution is 5.74. The molecule has 0 aliphatic rings. The van der Waals surface area contributed by atoms with Gasteiger partial charge in [0.25, 0.3) is 0 Å². The number of rotatable bonds is 1. The van der Waals surface area contributed by atoms with E-state index in [0.717, 1.165) is 23.1 Å². The lowest BCUT2D eigenvalue weighted by Gasteiger charge is -1.85. The van der Waals surface area contributed by atoms with Gasteiger partial charge in [0.1, 0.15) is 5.65 Å². The molecule has 2 rings (SSSR count). The van der Waals surface area contributed by atoms with Crippen LogP contribution in [0.1, 0.15) is 12.6 Å². The lowest BCUT2D eigenvalue weighted by Crippen LogP contribution is -2.07. The molecule has 2 aromatic rings. The summed E-state index contributed by atoms with van der Waals surface area (Å²) in [6, 6.07) is 1.98. The van der Waals surface area contributed by atoms with Gasteiger partial charge in [0.15, 0.2) is 0 Å². The monoisotopic (exact) mass is 163 g/mol. The molecule has 0 aliphatic heterocycles. The molecule has 0 fully saturated rings. The molecule has 62 valence electrons. The zero-order valence-corrected chi connectivity index (χ0v) is 6.72. The van der Waals surface area contributed by atoms with E-state index in [1.54, 1.807) is 6.20 Å². The summed E-state index contributed by atoms with van der Waals surface area (Å²) >= 11 is 0. The Hall–Kier alpha value is -1.58. The van der Waals surface area contributed by atoms with E-state index in [4.69, 9.17) is 0 Å². The number of H-pyrrole nitrogens is 2. The smallest absolute Gasteiger partial charge is 0.345 e. The molecule has 0 spiro atoms. The highest BCUT2D eigenvalue weighted by atomic mass is 16.1. The van der Waals surface area contributed by atoms with Crippen LogP contribution in [0.5, 0.6) is 0 Å². The van der Waals surface area contributed by atoms with E-state index in [2.05, 4.69) is 21.9 Å². The predicted molar refractivity (Wildman–Crippen MR) is 46.1 cm³/mol. The van der Waals surface area contributed by atoms with Crippen molar-refractivity contribution in [3.05, 3.63) is 28.4 Å². The molecule has 2 heterocycles. The van der Waals surface area contributed by atoms with Crippen molar-refractivity contribution in [3.8, 4) is 0 Å². The van der Waals surface area contributed by atoms with Crippen molar-refractivity contribution in [2.24, 2.45) is 0 Å². The lowest BCUT2D eigenvalue weighted by atomic mass is 10.3. The predicted octanol–water partition coefficient (Wildman–Crippen LogP) is 0.814. The van der Waals surface area contributed by atoms with Crippen molar-refractivity contribution < 1.29 is 0 Å². The molecule has 4 nitrogen and oxygen atoms in total. The fraction of sp³-hybridized carbons (Fsp3) is 0.250. The number of hydrogen-bond acceptors (Lipinski definition) is 2. The SMILES string of the molecule is CCc1cc2cnc(=O)[nH]c2[nH]1. The second kappa shape index (κ2) is 2.48. The Morgan fingerprint density at radius 1 is 1.50 bits per heavy atom. The minimum atomic E-state index is -0.313. The van der Waals surface area contributed by atoms with Crippen molar-refractivity contribution >= 4 is 11.0 Å². The van der Waals surface area contributed by atoms with Crippen LogP contribution in [0.15, 0.2) is 17.1 Å². The number of nitrogens with one attached hydrogen (secondary N) is 2. The van der Waals surface area contributed by atoms with Crippen LogP contribution in [-0.4, -0.2) is 15.0 Å². The number of hydrogen-bond donors (Lipinski definition) is 2. The molecule has 12 heavy (non-hydrogen) atoms. The third-order valence-electron chi connectivity index (χ3n) is 1.84. The first-order valence-electron chi connectivity index (χ1n) is 3.86. The van der Waals surface area contributed by atoms with Crippen molar-refractivity contribution in [1.29, 1.82) is 0 Å². The normalized spacial score (nSPS) is 10.8. The quantitative estimate of drug-likeness (QED) is 0.653. The summed E-state index contributed by atoms with van der Waals surface area (Å²) < 4.78 is 0. The lowest BCUT2D eigenvalue weighted by molar-refractivity contribution is 1.05. The fourth-order valence-electron chi connectivity index (χ4n) is 1.19. The fourth-order valence-corrected chi connectivity index (χ4v) is 1.19. The summed E-state index contributed by atoms with van der Waals surface area (Å²) in [5.41, 5.74) is 1.55. The average molecular weight is 163 g/mol. The number of aryl methyl sites for hydroxylation is 1. The summed E-state index contributed by atoms with van der Waals surface area (Å²) in [6.45, 7) is 2.05. The van der Waals surface area contributed by atoms with Crippen LogP contribution in [0, 0.1) is 0 Å². The van der Waals surface area contributed by atoms with Gasteiger partial charge < -0.3 is 4.98 Å². The molecule has 0 unspecified atom stereocenters. The maximum atomic E-state index is 10.8. The third kappa shape index (κ3) is 1.01. The van der Waals surface area contributed by atoms with Crippen LogP contribution in [-0.2, 0) is 6.42 Å². The molecule has 0 atom stereocenters. The van der Waals surface area contributed by atoms with E-state index in [1.807, 2.05) is 6.07 Å². The van der Waals surface area contributed by atoms with Gasteiger partial charge in [0, 0.05) is 17.3 Å². The molecule has 0 amide bonds. The van der Waals surface area contributed by atoms with Crippen LogP contribution in [0.3, 0.4) is 0 Å². The Balaban J connectivity index is 2.75. The molecule has 0 saturated heterocycles. The Kier molecular flexibility index (Phi) is 1.46. The van der Waals surface area contributed by atoms with Crippen molar-refractivity contribution in [1.82, 2.24) is 15.0 Å². The Morgan fingerprint density at radius 3 is 3.08 bits per heavy atom. The van der Waals surface area contributed by atoms with E-state index < -0.39 is 0 Å². The standard InChI is InChI=1S/C8H9N3O/c1-2-6-3-5-4-9-8(12)11-7(5)10-6/h3-4H,2H2,1H3,(H2,9,10,11,12). The third-order valence-corrected chi connectivity index (χ3v) is 1.84. The van der Waals surface area contributed by atoms with Crippen molar-refractivity contribution in [2.45, 2.75) is 13.3 Å². The molecular formula is C8H9N3O. The maximum absolute atomic E-state index is 10.8. The summed E-state index contributed by atoms with van der Waals surface area (Å²) in [6.07, 6.45) is 2.50. The van der Waals surface area contributed by atoms with Gasteiger partial charge in [0.2, 0.25) is 0 Å². The molecule has 0 bridgehead atoms. The molecule has 0 radical (unpaired) electrons. The van der Waals surface area contributed by atoms with Crippen LogP contribution >= 0.6 is 0 Å². The number of nitrogens with zero attached hydrogens (tertiary/aromatic N) is 1. The maximum Gasteiger partial charge on any atom is 0.346 e. The van der Waals surface area contributed by atoms with Crippen molar-refractivity contribution in [3.63, 3.8) is 0 Å². The summed E-state index contributed by atoms with van der Waals surface area (Å²) in [5, 5.41) is 0.950. The zero-order chi connectivity index (χ0) is 8.55. The first-order chi connectivity index (χ1) is 5.79. The zero-order valence-electron chi connectivity index (χ0n) is 6.72. The summed E-state index contributed by atoms with van der Waals surface area (Å²) in [5.74, 6) is 0. The molecule has 2 N–H and O–H groups in total. The van der Waals surface area contributed by atoms with Crippen LogP contribution in [0.25, 0.3) is 11.0 Å². The summed E-state index contributed by atoms with van der Waals surface area (Å²) in [4.78, 5) is 20.1. The second-order valence-electron chi connectivity index (χ2n) is 2.67. The van der Waals surface area contributed by atoms with Crippen molar-refractivity contribution in [2.75, 3.05) is 0 Å². The van der Waals surface area contributed by atoms with E-state index in [-0.39, 0.29) is 5.69 Å². The van der Waals surface area contributed by atoms with E-state index in [9.17, 15) is 4.79 Å². The number of aromatic nitrogens is 3. The Labute approximate surface area is 68.7 Å². The van der Waals surface area contributed by atoms with Gasteiger partial charge in [-0.15, -0.1) is 0 Å². The van der Waals surface area contributed by atoms with Gasteiger partial charge in [-0.2, -0.15) is 0 Å². The average Bonchev–Trinajstić information content (AvgIpc) is 2.46. The molecule has 0 aliphatic carbocycles. The minimum absolute atomic E-state index is 0.313. The van der Waals surface area contributed by atoms with Gasteiger partial charge >= 0.3 is 5.69 Å². The van der Waals surface area contributed by atoms with E-state index in [1.165, 1.54) is 0 Å². The topological polar surface area (TPSA) is 61.5 Å². The molecule has 4 heteroatoms. The van der Waals surface area contributed by atoms with Crippen LogP contribution in [0.4, 0.5) is 0 Å².